The number of aromatic nitrogens is 1. The van der Waals surface area contributed by atoms with Gasteiger partial charge in [0.2, 0.25) is 0 Å². The quantitative estimate of drug-likeness (QED) is 0.567. The number of pyridine rings is 1. The second-order valence-corrected chi connectivity index (χ2v) is 5.85. The summed E-state index contributed by atoms with van der Waals surface area (Å²) in [4.78, 5) is 26.0. The number of hydrogen-bond acceptors (Lipinski definition) is 5. The summed E-state index contributed by atoms with van der Waals surface area (Å²) in [6, 6.07) is 3.78. The summed E-state index contributed by atoms with van der Waals surface area (Å²) in [5.74, 6) is -15.6. The maximum absolute atomic E-state index is 13.3. The molecule has 2 aromatic rings. The van der Waals surface area contributed by atoms with Gasteiger partial charge in [-0.3, -0.25) is 9.59 Å². The first-order chi connectivity index (χ1) is 13.7. The van der Waals surface area contributed by atoms with E-state index in [4.69, 9.17) is 5.11 Å². The van der Waals surface area contributed by atoms with Crippen LogP contribution < -0.4 is 10.1 Å². The van der Waals surface area contributed by atoms with Gasteiger partial charge in [-0.2, -0.15) is 30.7 Å². The number of ether oxygens (including phenoxy) is 1. The Bertz CT molecular complexity index is 978. The molecule has 0 radical (unpaired) electrons. The summed E-state index contributed by atoms with van der Waals surface area (Å²) in [6.07, 6.45) is -6.49. The third-order valence-corrected chi connectivity index (χ3v) is 3.62. The first-order valence-corrected chi connectivity index (χ1v) is 7.74. The third-order valence-electron chi connectivity index (χ3n) is 3.62. The van der Waals surface area contributed by atoms with Gasteiger partial charge in [-0.25, -0.2) is 4.98 Å². The monoisotopic (exact) mass is 444 g/mol. The number of rotatable bonds is 7. The fourth-order valence-corrected chi connectivity index (χ4v) is 2.11. The van der Waals surface area contributed by atoms with Crippen LogP contribution in [0.4, 0.5) is 30.7 Å². The van der Waals surface area contributed by atoms with Gasteiger partial charge in [0.1, 0.15) is 18.0 Å². The van der Waals surface area contributed by atoms with Crippen LogP contribution in [-0.4, -0.2) is 58.2 Å². The molecule has 0 spiro atoms. The molecule has 14 heteroatoms. The predicted octanol–water partition coefficient (Wildman–Crippen LogP) is 2.97. The van der Waals surface area contributed by atoms with Crippen molar-refractivity contribution in [3.8, 4) is 11.5 Å². The van der Waals surface area contributed by atoms with Crippen LogP contribution in [-0.2, 0) is 4.79 Å². The molecule has 1 aromatic heterocycles. The number of alkyl halides is 7. The topological polar surface area (TPSA) is 109 Å². The zero-order chi connectivity index (χ0) is 22.9. The summed E-state index contributed by atoms with van der Waals surface area (Å²) < 4.78 is 93.1. The molecule has 0 saturated carbocycles. The number of fused-ring (bicyclic) bond motifs is 1. The van der Waals surface area contributed by atoms with Gasteiger partial charge in [0.05, 0.1) is 5.52 Å². The normalized spacial score (nSPS) is 12.6. The molecule has 0 atom stereocenters. The van der Waals surface area contributed by atoms with E-state index in [1.165, 1.54) is 0 Å². The molecule has 0 unspecified atom stereocenters. The minimum absolute atomic E-state index is 0.0204. The Kier molecular flexibility index (Phi) is 6.00. The van der Waals surface area contributed by atoms with Gasteiger partial charge < -0.3 is 20.3 Å². The van der Waals surface area contributed by atoms with Gasteiger partial charge in [-0.05, 0) is 24.3 Å². The maximum Gasteiger partial charge on any atom is 0.460 e. The molecule has 0 saturated heterocycles. The van der Waals surface area contributed by atoms with Crippen LogP contribution in [0, 0.1) is 0 Å². The standard InChI is InChI=1S/C16H11F7N2O5/c17-14(18,15(19,20)16(21,22)23)6-30-8-1-2-9-7(3-8)4-10(26)12(25-9)13(29)24-5-11(27)28/h1-4,26H,5-6H2,(H,24,29)(H,27,28). The molecule has 0 aliphatic heterocycles. The van der Waals surface area contributed by atoms with Crippen LogP contribution in [0.5, 0.6) is 11.5 Å². The van der Waals surface area contributed by atoms with E-state index in [9.17, 15) is 45.4 Å². The van der Waals surface area contributed by atoms with Crippen molar-refractivity contribution >= 4 is 22.8 Å². The van der Waals surface area contributed by atoms with Crippen molar-refractivity contribution < 1.29 is 55.3 Å². The Labute approximate surface area is 162 Å². The van der Waals surface area contributed by atoms with Crippen LogP contribution in [0.15, 0.2) is 24.3 Å². The highest BCUT2D eigenvalue weighted by molar-refractivity contribution is 5.99. The molecular formula is C16H11F7N2O5. The predicted molar refractivity (Wildman–Crippen MR) is 84.8 cm³/mol. The fraction of sp³-hybridized carbons (Fsp3) is 0.312. The Morgan fingerprint density at radius 1 is 1.07 bits per heavy atom. The van der Waals surface area contributed by atoms with Crippen molar-refractivity contribution in [2.45, 2.75) is 18.0 Å². The molecule has 7 nitrogen and oxygen atoms in total. The smallest absolute Gasteiger partial charge is 0.460 e. The third kappa shape index (κ3) is 4.63. The Hall–Kier alpha value is -3.32. The van der Waals surface area contributed by atoms with Crippen molar-refractivity contribution in [1.82, 2.24) is 10.3 Å². The molecular weight excluding hydrogens is 433 g/mol. The number of nitrogens with zero attached hydrogens (tertiary/aromatic N) is 1. The van der Waals surface area contributed by atoms with E-state index in [1.807, 2.05) is 5.32 Å². The molecule has 3 N–H and O–H groups in total. The molecule has 1 heterocycles. The van der Waals surface area contributed by atoms with Crippen LogP contribution in [0.3, 0.4) is 0 Å². The van der Waals surface area contributed by atoms with Gasteiger partial charge >= 0.3 is 24.0 Å². The number of aromatic hydroxyl groups is 1. The highest BCUT2D eigenvalue weighted by Gasteiger charge is 2.73. The summed E-state index contributed by atoms with van der Waals surface area (Å²) >= 11 is 0. The van der Waals surface area contributed by atoms with Gasteiger partial charge in [0.25, 0.3) is 5.91 Å². The highest BCUT2D eigenvalue weighted by Crippen LogP contribution is 2.46. The number of carboxylic acid groups (broad SMARTS) is 1. The minimum Gasteiger partial charge on any atom is -0.505 e. The summed E-state index contributed by atoms with van der Waals surface area (Å²) in [5, 5.41) is 20.3. The van der Waals surface area contributed by atoms with E-state index in [0.717, 1.165) is 24.3 Å². The van der Waals surface area contributed by atoms with E-state index in [2.05, 4.69) is 9.72 Å². The van der Waals surface area contributed by atoms with E-state index in [0.29, 0.717) is 0 Å². The first kappa shape index (κ1) is 23.0. The fourth-order valence-electron chi connectivity index (χ4n) is 2.11. The average Bonchev–Trinajstić information content (AvgIpc) is 2.62. The van der Waals surface area contributed by atoms with Crippen LogP contribution in [0.2, 0.25) is 0 Å². The van der Waals surface area contributed by atoms with Gasteiger partial charge in [-0.1, -0.05) is 0 Å². The van der Waals surface area contributed by atoms with Crippen molar-refractivity contribution in [3.63, 3.8) is 0 Å². The number of carbonyl (C=O) groups is 2. The van der Waals surface area contributed by atoms with E-state index >= 15 is 0 Å². The summed E-state index contributed by atoms with van der Waals surface area (Å²) in [6.45, 7) is -3.05. The van der Waals surface area contributed by atoms with Crippen molar-refractivity contribution in [1.29, 1.82) is 0 Å². The number of aliphatic carboxylic acids is 1. The van der Waals surface area contributed by atoms with Gasteiger partial charge in [0, 0.05) is 5.39 Å². The Morgan fingerprint density at radius 2 is 1.70 bits per heavy atom. The molecule has 30 heavy (non-hydrogen) atoms. The number of carboxylic acids is 1. The maximum atomic E-state index is 13.3. The second kappa shape index (κ2) is 7.84. The molecule has 1 amide bonds. The lowest BCUT2D eigenvalue weighted by molar-refractivity contribution is -0.358. The number of amides is 1. The largest absolute Gasteiger partial charge is 0.505 e. The van der Waals surface area contributed by atoms with Crippen LogP contribution >= 0.6 is 0 Å². The second-order valence-electron chi connectivity index (χ2n) is 5.85. The first-order valence-electron chi connectivity index (χ1n) is 7.74. The zero-order valence-electron chi connectivity index (χ0n) is 14.4. The molecule has 1 aromatic carbocycles. The lowest BCUT2D eigenvalue weighted by Gasteiger charge is -2.27. The lowest BCUT2D eigenvalue weighted by Crippen LogP contribution is -2.54. The summed E-state index contributed by atoms with van der Waals surface area (Å²) in [7, 11) is 0. The van der Waals surface area contributed by atoms with E-state index < -0.39 is 60.2 Å². The number of nitrogens with one attached hydrogen (secondary N) is 1. The Morgan fingerprint density at radius 3 is 2.27 bits per heavy atom. The minimum atomic E-state index is -6.49. The Balaban J connectivity index is 2.23. The van der Waals surface area contributed by atoms with Crippen molar-refractivity contribution in [3.05, 3.63) is 30.0 Å². The van der Waals surface area contributed by atoms with E-state index in [-0.39, 0.29) is 10.9 Å². The number of halogens is 7. The number of carbonyl (C=O) groups excluding carboxylic acids is 1. The van der Waals surface area contributed by atoms with Crippen molar-refractivity contribution in [2.24, 2.45) is 0 Å². The summed E-state index contributed by atoms with van der Waals surface area (Å²) in [5.41, 5.74) is -0.582. The number of benzene rings is 1. The zero-order valence-corrected chi connectivity index (χ0v) is 14.4. The van der Waals surface area contributed by atoms with Crippen LogP contribution in [0.25, 0.3) is 10.9 Å². The van der Waals surface area contributed by atoms with Gasteiger partial charge in [0.15, 0.2) is 12.3 Å². The highest BCUT2D eigenvalue weighted by atomic mass is 19.4. The number of hydrogen-bond donors (Lipinski definition) is 3. The molecule has 0 aliphatic carbocycles. The van der Waals surface area contributed by atoms with E-state index in [1.54, 1.807) is 0 Å². The molecule has 164 valence electrons. The van der Waals surface area contributed by atoms with Gasteiger partial charge in [-0.15, -0.1) is 0 Å². The van der Waals surface area contributed by atoms with Crippen molar-refractivity contribution in [2.75, 3.05) is 13.2 Å². The average molecular weight is 444 g/mol. The lowest BCUT2D eigenvalue weighted by atomic mass is 10.1. The molecule has 0 fully saturated rings. The molecule has 2 rings (SSSR count). The molecule has 0 bridgehead atoms. The SMILES string of the molecule is O=C(O)CNC(=O)c1nc2ccc(OCC(F)(F)C(F)(F)C(F)(F)F)cc2cc1O. The molecule has 0 aliphatic rings. The van der Waals surface area contributed by atoms with Crippen LogP contribution in [0.1, 0.15) is 10.5 Å².